The van der Waals surface area contributed by atoms with E-state index < -0.39 is 0 Å². The van der Waals surface area contributed by atoms with E-state index in [0.29, 0.717) is 12.1 Å². The summed E-state index contributed by atoms with van der Waals surface area (Å²) in [5.41, 5.74) is 1.27. The van der Waals surface area contributed by atoms with Crippen molar-refractivity contribution in [3.05, 3.63) is 29.8 Å². The molecule has 0 saturated heterocycles. The number of rotatable bonds is 6. The molecule has 2 atom stereocenters. The molecule has 21 heavy (non-hydrogen) atoms. The Balaban J connectivity index is 1.87. The Hall–Kier alpha value is -1.53. The second-order valence-corrected chi connectivity index (χ2v) is 6.09. The van der Waals surface area contributed by atoms with Crippen molar-refractivity contribution in [2.24, 2.45) is 5.92 Å². The molecule has 0 aromatic heterocycles. The average Bonchev–Trinajstić information content (AvgIpc) is 2.54. The van der Waals surface area contributed by atoms with Crippen LogP contribution in [0.1, 0.15) is 57.6 Å². The molecular formula is C18H26N2O. The molecule has 1 fully saturated rings. The molecule has 1 N–H and O–H groups in total. The largest absolute Gasteiger partial charge is 0.479 e. The quantitative estimate of drug-likeness (QED) is 0.852. The van der Waals surface area contributed by atoms with Crippen LogP contribution in [0.15, 0.2) is 24.3 Å². The average molecular weight is 286 g/mol. The fourth-order valence-electron chi connectivity index (χ4n) is 3.23. The molecule has 0 aliphatic heterocycles. The van der Waals surface area contributed by atoms with Gasteiger partial charge in [-0.25, -0.2) is 0 Å². The van der Waals surface area contributed by atoms with Crippen LogP contribution in [-0.4, -0.2) is 12.6 Å². The van der Waals surface area contributed by atoms with Crippen LogP contribution in [0.4, 0.5) is 0 Å². The predicted octanol–water partition coefficient (Wildman–Crippen LogP) is 4.21. The van der Waals surface area contributed by atoms with Gasteiger partial charge in [0.25, 0.3) is 0 Å². The fourth-order valence-corrected chi connectivity index (χ4v) is 3.23. The summed E-state index contributed by atoms with van der Waals surface area (Å²) in [5, 5.41) is 12.2. The monoisotopic (exact) mass is 286 g/mol. The van der Waals surface area contributed by atoms with Gasteiger partial charge in [0.05, 0.1) is 0 Å². The molecule has 0 bridgehead atoms. The third-order valence-corrected chi connectivity index (χ3v) is 4.55. The van der Waals surface area contributed by atoms with Gasteiger partial charge in [0.15, 0.2) is 6.61 Å². The lowest BCUT2D eigenvalue weighted by atomic mass is 9.84. The fraction of sp³-hybridized carbons (Fsp3) is 0.611. The van der Waals surface area contributed by atoms with E-state index in [1.165, 1.54) is 37.7 Å². The minimum atomic E-state index is 0.103. The van der Waals surface area contributed by atoms with Gasteiger partial charge in [-0.05, 0) is 50.3 Å². The Morgan fingerprint density at radius 3 is 2.48 bits per heavy atom. The van der Waals surface area contributed by atoms with Crippen LogP contribution in [0.2, 0.25) is 0 Å². The molecule has 114 valence electrons. The molecule has 0 radical (unpaired) electrons. The van der Waals surface area contributed by atoms with Crippen LogP contribution in [0.25, 0.3) is 0 Å². The van der Waals surface area contributed by atoms with Crippen molar-refractivity contribution in [3.8, 4) is 11.8 Å². The Labute approximate surface area is 128 Å². The van der Waals surface area contributed by atoms with Gasteiger partial charge in [-0.3, -0.25) is 0 Å². The van der Waals surface area contributed by atoms with Crippen molar-refractivity contribution in [1.82, 2.24) is 5.32 Å². The number of hydrogen-bond acceptors (Lipinski definition) is 3. The first-order valence-corrected chi connectivity index (χ1v) is 8.06. The Bertz CT molecular complexity index is 457. The lowest BCUT2D eigenvalue weighted by molar-refractivity contribution is 0.268. The highest BCUT2D eigenvalue weighted by Gasteiger charge is 2.21. The lowest BCUT2D eigenvalue weighted by Crippen LogP contribution is -2.36. The molecule has 1 saturated carbocycles. The molecule has 0 heterocycles. The van der Waals surface area contributed by atoms with E-state index in [4.69, 9.17) is 10.00 Å². The van der Waals surface area contributed by atoms with Crippen LogP contribution in [0.5, 0.6) is 5.75 Å². The Morgan fingerprint density at radius 2 is 1.86 bits per heavy atom. The number of nitrogens with one attached hydrogen (secondary N) is 1. The van der Waals surface area contributed by atoms with E-state index in [1.807, 2.05) is 18.2 Å². The van der Waals surface area contributed by atoms with E-state index in [1.54, 1.807) is 0 Å². The zero-order valence-electron chi connectivity index (χ0n) is 13.1. The number of hydrogen-bond donors (Lipinski definition) is 1. The zero-order chi connectivity index (χ0) is 15.1. The summed E-state index contributed by atoms with van der Waals surface area (Å²) in [6.45, 7) is 4.63. The van der Waals surface area contributed by atoms with Gasteiger partial charge in [0, 0.05) is 12.1 Å². The van der Waals surface area contributed by atoms with E-state index in [-0.39, 0.29) is 6.61 Å². The molecule has 3 heteroatoms. The van der Waals surface area contributed by atoms with Gasteiger partial charge in [-0.1, -0.05) is 31.4 Å². The topological polar surface area (TPSA) is 45.0 Å². The van der Waals surface area contributed by atoms with Crippen molar-refractivity contribution >= 4 is 0 Å². The molecule has 2 rings (SSSR count). The van der Waals surface area contributed by atoms with Gasteiger partial charge in [0.1, 0.15) is 11.8 Å². The van der Waals surface area contributed by atoms with Crippen LogP contribution >= 0.6 is 0 Å². The molecule has 1 aromatic rings. The summed E-state index contributed by atoms with van der Waals surface area (Å²) in [4.78, 5) is 0. The first-order valence-electron chi connectivity index (χ1n) is 8.06. The maximum atomic E-state index is 8.51. The summed E-state index contributed by atoms with van der Waals surface area (Å²) in [5.74, 6) is 1.58. The number of benzene rings is 1. The summed E-state index contributed by atoms with van der Waals surface area (Å²) in [6, 6.07) is 10.9. The smallest absolute Gasteiger partial charge is 0.174 e. The third-order valence-electron chi connectivity index (χ3n) is 4.55. The number of nitriles is 1. The van der Waals surface area contributed by atoms with E-state index in [9.17, 15) is 0 Å². The standard InChI is InChI=1S/C18H26N2O/c1-14(16-6-4-3-5-7-16)20-15(2)17-8-10-18(11-9-17)21-13-12-19/h8-11,14-16,20H,3-7,13H2,1-2H3/t14-,15?/m1/s1. The van der Waals surface area contributed by atoms with Gasteiger partial charge >= 0.3 is 0 Å². The maximum Gasteiger partial charge on any atom is 0.174 e. The van der Waals surface area contributed by atoms with Gasteiger partial charge in [-0.15, -0.1) is 0 Å². The highest BCUT2D eigenvalue weighted by molar-refractivity contribution is 5.29. The van der Waals surface area contributed by atoms with Crippen LogP contribution in [0, 0.1) is 17.2 Å². The highest BCUT2D eigenvalue weighted by atomic mass is 16.5. The lowest BCUT2D eigenvalue weighted by Gasteiger charge is -2.30. The number of ether oxygens (including phenoxy) is 1. The van der Waals surface area contributed by atoms with Crippen molar-refractivity contribution < 1.29 is 4.74 Å². The molecule has 1 unspecified atom stereocenters. The molecule has 1 aromatic carbocycles. The van der Waals surface area contributed by atoms with Gasteiger partial charge in [-0.2, -0.15) is 5.26 Å². The minimum Gasteiger partial charge on any atom is -0.479 e. The second kappa shape index (κ2) is 8.05. The molecule has 1 aliphatic carbocycles. The Morgan fingerprint density at radius 1 is 1.19 bits per heavy atom. The number of nitrogens with zero attached hydrogens (tertiary/aromatic N) is 1. The summed E-state index contributed by atoms with van der Waals surface area (Å²) >= 11 is 0. The molecule has 0 spiro atoms. The van der Waals surface area contributed by atoms with Crippen molar-refractivity contribution in [1.29, 1.82) is 5.26 Å². The van der Waals surface area contributed by atoms with Crippen LogP contribution in [0.3, 0.4) is 0 Å². The van der Waals surface area contributed by atoms with E-state index >= 15 is 0 Å². The first-order chi connectivity index (χ1) is 10.2. The van der Waals surface area contributed by atoms with Crippen LogP contribution in [-0.2, 0) is 0 Å². The Kier molecular flexibility index (Phi) is 6.07. The molecule has 0 amide bonds. The van der Waals surface area contributed by atoms with Gasteiger partial charge < -0.3 is 10.1 Å². The summed E-state index contributed by atoms with van der Waals surface area (Å²) < 4.78 is 5.28. The minimum absolute atomic E-state index is 0.103. The van der Waals surface area contributed by atoms with Crippen molar-refractivity contribution in [2.75, 3.05) is 6.61 Å². The summed E-state index contributed by atoms with van der Waals surface area (Å²) in [7, 11) is 0. The van der Waals surface area contributed by atoms with Crippen molar-refractivity contribution in [3.63, 3.8) is 0 Å². The first kappa shape index (κ1) is 15.9. The normalized spacial score (nSPS) is 18.7. The highest BCUT2D eigenvalue weighted by Crippen LogP contribution is 2.28. The molecule has 1 aliphatic rings. The SMILES string of the molecule is CC(N[C@H](C)C1CCCCC1)c1ccc(OCC#N)cc1. The van der Waals surface area contributed by atoms with Gasteiger partial charge in [0.2, 0.25) is 0 Å². The van der Waals surface area contributed by atoms with Crippen molar-refractivity contribution in [2.45, 2.75) is 58.0 Å². The van der Waals surface area contributed by atoms with E-state index in [2.05, 4.69) is 31.3 Å². The second-order valence-electron chi connectivity index (χ2n) is 6.09. The predicted molar refractivity (Wildman–Crippen MR) is 85.1 cm³/mol. The molecule has 3 nitrogen and oxygen atoms in total. The summed E-state index contributed by atoms with van der Waals surface area (Å²) in [6.07, 6.45) is 6.90. The van der Waals surface area contributed by atoms with Crippen LogP contribution < -0.4 is 10.1 Å². The third kappa shape index (κ3) is 4.75. The van der Waals surface area contributed by atoms with E-state index in [0.717, 1.165) is 11.7 Å². The maximum absolute atomic E-state index is 8.51. The zero-order valence-corrected chi connectivity index (χ0v) is 13.1. The molecular weight excluding hydrogens is 260 g/mol.